The molecule has 0 aromatic rings. The van der Waals surface area contributed by atoms with Crippen LogP contribution in [0.15, 0.2) is 11.8 Å². The summed E-state index contributed by atoms with van der Waals surface area (Å²) >= 11 is 4.94. The zero-order valence-corrected chi connectivity index (χ0v) is 11.1. The Balaban J connectivity index is 2.28. The van der Waals surface area contributed by atoms with Gasteiger partial charge in [-0.05, 0) is 17.6 Å². The van der Waals surface area contributed by atoms with Gasteiger partial charge in [0, 0.05) is 19.0 Å². The molecule has 0 aromatic carbocycles. The lowest BCUT2D eigenvalue weighted by atomic mass is 9.74. The van der Waals surface area contributed by atoms with E-state index in [2.05, 4.69) is 5.32 Å². The average Bonchev–Trinajstić information content (AvgIpc) is 2.52. The number of thiocarbonyl (C=S) groups is 1. The van der Waals surface area contributed by atoms with Crippen molar-refractivity contribution in [1.29, 1.82) is 0 Å². The first kappa shape index (κ1) is 12.9. The third kappa shape index (κ3) is 2.33. The second kappa shape index (κ2) is 4.28. The number of Topliss-reactive ketones (excluding diaryl/α,β-unsaturated/α-hetero) is 2. The van der Waals surface area contributed by atoms with Crippen LogP contribution in [-0.2, 0) is 14.4 Å². The molecule has 1 saturated heterocycles. The van der Waals surface area contributed by atoms with Gasteiger partial charge < -0.3 is 5.32 Å². The smallest absolute Gasteiger partial charge is 0.252 e. The summed E-state index contributed by atoms with van der Waals surface area (Å²) in [5.41, 5.74) is -0.229. The summed E-state index contributed by atoms with van der Waals surface area (Å²) < 4.78 is 0. The molecule has 1 amide bonds. The van der Waals surface area contributed by atoms with Crippen molar-refractivity contribution in [2.75, 3.05) is 6.54 Å². The number of ketones is 2. The quantitative estimate of drug-likeness (QED) is 0.426. The number of rotatable bonds is 1. The maximum absolute atomic E-state index is 11.9. The zero-order chi connectivity index (χ0) is 13.5. The summed E-state index contributed by atoms with van der Waals surface area (Å²) in [7, 11) is 0. The minimum atomic E-state index is -0.306. The normalized spacial score (nSPS) is 23.4. The zero-order valence-electron chi connectivity index (χ0n) is 10.3. The summed E-state index contributed by atoms with van der Waals surface area (Å²) in [5, 5.41) is 2.93. The van der Waals surface area contributed by atoms with E-state index in [9.17, 15) is 14.4 Å². The molecule has 18 heavy (non-hydrogen) atoms. The molecule has 2 aliphatic rings. The van der Waals surface area contributed by atoms with Crippen molar-refractivity contribution in [1.82, 2.24) is 10.2 Å². The van der Waals surface area contributed by atoms with Gasteiger partial charge in [0.25, 0.3) is 5.91 Å². The van der Waals surface area contributed by atoms with E-state index in [1.807, 2.05) is 13.8 Å². The number of amides is 1. The standard InChI is InChI=1S/C12H14N2O3S/c1-12(2)3-8(15)7(9(16)4-12)6-14-10(17)5-13-11(14)18/h6H,3-5H2,1-2H3,(H,13,18). The van der Waals surface area contributed by atoms with Crippen LogP contribution in [0, 0.1) is 5.41 Å². The lowest BCUT2D eigenvalue weighted by molar-refractivity contribution is -0.127. The van der Waals surface area contributed by atoms with Gasteiger partial charge in [-0.1, -0.05) is 13.8 Å². The van der Waals surface area contributed by atoms with Gasteiger partial charge in [0.2, 0.25) is 0 Å². The van der Waals surface area contributed by atoms with Crippen molar-refractivity contribution in [3.05, 3.63) is 11.8 Å². The van der Waals surface area contributed by atoms with Gasteiger partial charge in [-0.15, -0.1) is 0 Å². The molecule has 0 spiro atoms. The van der Waals surface area contributed by atoms with Crippen LogP contribution in [-0.4, -0.2) is 34.0 Å². The van der Waals surface area contributed by atoms with Gasteiger partial charge in [-0.3, -0.25) is 19.3 Å². The van der Waals surface area contributed by atoms with Crippen LogP contribution in [0.1, 0.15) is 26.7 Å². The van der Waals surface area contributed by atoms with Crippen LogP contribution in [0.2, 0.25) is 0 Å². The lowest BCUT2D eigenvalue weighted by Crippen LogP contribution is -2.34. The fourth-order valence-electron chi connectivity index (χ4n) is 2.12. The molecule has 0 bridgehead atoms. The maximum atomic E-state index is 11.9. The number of nitrogens with one attached hydrogen (secondary N) is 1. The number of carbonyl (C=O) groups is 3. The van der Waals surface area contributed by atoms with Crippen molar-refractivity contribution < 1.29 is 14.4 Å². The molecule has 1 aliphatic heterocycles. The van der Waals surface area contributed by atoms with Gasteiger partial charge in [0.05, 0.1) is 12.1 Å². The highest BCUT2D eigenvalue weighted by Crippen LogP contribution is 2.33. The summed E-state index contributed by atoms with van der Waals surface area (Å²) in [6, 6.07) is 0. The second-order valence-electron chi connectivity index (χ2n) is 5.33. The molecule has 1 N–H and O–H groups in total. The Hall–Kier alpha value is -1.56. The highest BCUT2D eigenvalue weighted by atomic mass is 32.1. The molecule has 1 saturated carbocycles. The maximum Gasteiger partial charge on any atom is 0.252 e. The fraction of sp³-hybridized carbons (Fsp3) is 0.500. The van der Waals surface area contributed by atoms with Crippen molar-refractivity contribution >= 4 is 34.8 Å². The molecular formula is C12H14N2O3S. The first-order valence-corrected chi connectivity index (χ1v) is 6.09. The number of hydrogen-bond acceptors (Lipinski definition) is 4. The van der Waals surface area contributed by atoms with Crippen molar-refractivity contribution in [3.8, 4) is 0 Å². The third-order valence-electron chi connectivity index (χ3n) is 3.02. The summed E-state index contributed by atoms with van der Waals surface area (Å²) in [6.45, 7) is 3.87. The second-order valence-corrected chi connectivity index (χ2v) is 5.72. The molecule has 5 nitrogen and oxygen atoms in total. The molecule has 6 heteroatoms. The van der Waals surface area contributed by atoms with E-state index in [1.54, 1.807) is 0 Å². The molecule has 2 rings (SSSR count). The SMILES string of the molecule is CC1(C)CC(=O)C(=CN2C(=O)CNC2=S)C(=O)C1. The summed E-state index contributed by atoms with van der Waals surface area (Å²) in [5.74, 6) is -0.699. The minimum Gasteiger partial charge on any atom is -0.353 e. The van der Waals surface area contributed by atoms with E-state index in [0.29, 0.717) is 12.8 Å². The molecule has 0 atom stereocenters. The average molecular weight is 266 g/mol. The predicted octanol–water partition coefficient (Wildman–Crippen LogP) is 0.545. The number of nitrogens with zero attached hydrogens (tertiary/aromatic N) is 1. The van der Waals surface area contributed by atoms with E-state index < -0.39 is 0 Å². The van der Waals surface area contributed by atoms with Crippen LogP contribution in [0.5, 0.6) is 0 Å². The van der Waals surface area contributed by atoms with E-state index in [4.69, 9.17) is 12.2 Å². The van der Waals surface area contributed by atoms with E-state index in [0.717, 1.165) is 0 Å². The highest BCUT2D eigenvalue weighted by Gasteiger charge is 2.37. The van der Waals surface area contributed by atoms with Gasteiger partial charge in [0.1, 0.15) is 0 Å². The van der Waals surface area contributed by atoms with Crippen LogP contribution in [0.4, 0.5) is 0 Å². The largest absolute Gasteiger partial charge is 0.353 e. The Morgan fingerprint density at radius 3 is 2.22 bits per heavy atom. The molecule has 2 fully saturated rings. The first-order valence-electron chi connectivity index (χ1n) is 5.68. The molecule has 0 unspecified atom stereocenters. The first-order chi connectivity index (χ1) is 8.30. The Labute approximate surface area is 110 Å². The number of carbonyl (C=O) groups excluding carboxylic acids is 3. The van der Waals surface area contributed by atoms with Gasteiger partial charge >= 0.3 is 0 Å². The molecule has 1 aliphatic carbocycles. The highest BCUT2D eigenvalue weighted by molar-refractivity contribution is 7.80. The minimum absolute atomic E-state index is 0.0775. The van der Waals surface area contributed by atoms with Crippen LogP contribution < -0.4 is 5.32 Å². The Kier molecular flexibility index (Phi) is 3.06. The van der Waals surface area contributed by atoms with Crippen molar-refractivity contribution in [2.45, 2.75) is 26.7 Å². The molecule has 96 valence electrons. The van der Waals surface area contributed by atoms with Crippen molar-refractivity contribution in [3.63, 3.8) is 0 Å². The topological polar surface area (TPSA) is 66.5 Å². The molecule has 0 aromatic heterocycles. The Bertz CT molecular complexity index is 456. The van der Waals surface area contributed by atoms with E-state index >= 15 is 0 Å². The van der Waals surface area contributed by atoms with E-state index in [-0.39, 0.29) is 40.1 Å². The van der Waals surface area contributed by atoms with Gasteiger partial charge in [-0.2, -0.15) is 0 Å². The fourth-order valence-corrected chi connectivity index (χ4v) is 2.34. The molecular weight excluding hydrogens is 252 g/mol. The van der Waals surface area contributed by atoms with Crippen LogP contribution in [0.25, 0.3) is 0 Å². The predicted molar refractivity (Wildman–Crippen MR) is 68.6 cm³/mol. The Morgan fingerprint density at radius 1 is 1.22 bits per heavy atom. The van der Waals surface area contributed by atoms with Crippen molar-refractivity contribution in [2.24, 2.45) is 5.41 Å². The molecule has 1 heterocycles. The molecule has 0 radical (unpaired) electrons. The third-order valence-corrected chi connectivity index (χ3v) is 3.36. The van der Waals surface area contributed by atoms with Crippen LogP contribution in [0.3, 0.4) is 0 Å². The lowest BCUT2D eigenvalue weighted by Gasteiger charge is -2.28. The Morgan fingerprint density at radius 2 is 1.78 bits per heavy atom. The van der Waals surface area contributed by atoms with Gasteiger partial charge in [0.15, 0.2) is 16.7 Å². The summed E-state index contributed by atoms with van der Waals surface area (Å²) in [4.78, 5) is 36.5. The number of allylic oxidation sites excluding steroid dienone is 1. The van der Waals surface area contributed by atoms with Crippen LogP contribution >= 0.6 is 12.2 Å². The van der Waals surface area contributed by atoms with E-state index in [1.165, 1.54) is 11.1 Å². The number of hydrogen-bond donors (Lipinski definition) is 1. The summed E-state index contributed by atoms with van der Waals surface area (Å²) in [6.07, 6.45) is 1.91. The monoisotopic (exact) mass is 266 g/mol. The van der Waals surface area contributed by atoms with Gasteiger partial charge in [-0.25, -0.2) is 0 Å².